The summed E-state index contributed by atoms with van der Waals surface area (Å²) in [5, 5.41) is 0.775. The highest BCUT2D eigenvalue weighted by atomic mass is 35.5. The van der Waals surface area contributed by atoms with Gasteiger partial charge in [0.25, 0.3) is 0 Å². The molecule has 2 aromatic carbocycles. The molecular formula is C25H33ClN4O. The summed E-state index contributed by atoms with van der Waals surface area (Å²) in [7, 11) is 0. The normalized spacial score (nSPS) is 19.3. The van der Waals surface area contributed by atoms with E-state index in [4.69, 9.17) is 11.6 Å². The zero-order valence-electron chi connectivity index (χ0n) is 18.3. The van der Waals surface area contributed by atoms with E-state index in [1.54, 1.807) is 0 Å². The number of carbonyl (C=O) groups excluding carboxylic acids is 1. The first kappa shape index (κ1) is 22.3. The molecule has 0 N–H and O–H groups in total. The van der Waals surface area contributed by atoms with E-state index in [1.807, 2.05) is 12.1 Å². The van der Waals surface area contributed by atoms with Crippen molar-refractivity contribution in [2.45, 2.75) is 19.5 Å². The highest BCUT2D eigenvalue weighted by molar-refractivity contribution is 6.30. The van der Waals surface area contributed by atoms with Crippen LogP contribution in [0.25, 0.3) is 0 Å². The summed E-state index contributed by atoms with van der Waals surface area (Å²) in [6.45, 7) is 10.1. The molecular weight excluding hydrogens is 408 g/mol. The van der Waals surface area contributed by atoms with Gasteiger partial charge in [0.15, 0.2) is 0 Å². The number of hydrogen-bond acceptors (Lipinski definition) is 4. The Kier molecular flexibility index (Phi) is 7.97. The van der Waals surface area contributed by atoms with Gasteiger partial charge in [-0.2, -0.15) is 0 Å². The van der Waals surface area contributed by atoms with Crippen molar-refractivity contribution in [1.29, 1.82) is 0 Å². The molecule has 6 heteroatoms. The molecule has 2 aromatic rings. The lowest BCUT2D eigenvalue weighted by atomic mass is 10.2. The Morgan fingerprint density at radius 3 is 1.97 bits per heavy atom. The third-order valence-electron chi connectivity index (χ3n) is 6.33. The van der Waals surface area contributed by atoms with Crippen molar-refractivity contribution in [3.05, 3.63) is 70.7 Å². The van der Waals surface area contributed by atoms with E-state index in [0.717, 1.165) is 76.9 Å². The van der Waals surface area contributed by atoms with E-state index in [9.17, 15) is 4.79 Å². The number of piperazine rings is 1. The lowest BCUT2D eigenvalue weighted by Crippen LogP contribution is -2.50. The summed E-state index contributed by atoms with van der Waals surface area (Å²) in [4.78, 5) is 22.2. The highest BCUT2D eigenvalue weighted by Gasteiger charge is 2.23. The van der Waals surface area contributed by atoms with Gasteiger partial charge in [0.05, 0.1) is 6.54 Å². The fraction of sp³-hybridized carbons (Fsp3) is 0.480. The van der Waals surface area contributed by atoms with E-state index >= 15 is 0 Å². The number of nitrogens with zero attached hydrogens (tertiary/aromatic N) is 4. The van der Waals surface area contributed by atoms with Gasteiger partial charge in [-0.25, -0.2) is 0 Å². The van der Waals surface area contributed by atoms with E-state index in [1.165, 1.54) is 11.1 Å². The number of hydrogen-bond donors (Lipinski definition) is 0. The Labute approximate surface area is 191 Å². The van der Waals surface area contributed by atoms with Crippen LogP contribution >= 0.6 is 11.6 Å². The van der Waals surface area contributed by atoms with Crippen LogP contribution in [0, 0.1) is 0 Å². The number of benzene rings is 2. The summed E-state index contributed by atoms with van der Waals surface area (Å²) in [6.07, 6.45) is 1.03. The number of rotatable bonds is 6. The maximum absolute atomic E-state index is 12.9. The maximum Gasteiger partial charge on any atom is 0.236 e. The summed E-state index contributed by atoms with van der Waals surface area (Å²) < 4.78 is 0. The summed E-state index contributed by atoms with van der Waals surface area (Å²) >= 11 is 5.99. The molecule has 0 atom stereocenters. The molecule has 2 fully saturated rings. The molecule has 0 aliphatic carbocycles. The minimum Gasteiger partial charge on any atom is -0.340 e. The van der Waals surface area contributed by atoms with Crippen LogP contribution in [-0.2, 0) is 17.9 Å². The Hall–Kier alpha value is -1.92. The second kappa shape index (κ2) is 11.1. The van der Waals surface area contributed by atoms with Crippen LogP contribution in [0.5, 0.6) is 0 Å². The largest absolute Gasteiger partial charge is 0.340 e. The van der Waals surface area contributed by atoms with Crippen molar-refractivity contribution in [3.63, 3.8) is 0 Å². The molecule has 0 radical (unpaired) electrons. The lowest BCUT2D eigenvalue weighted by molar-refractivity contribution is -0.132. The predicted molar refractivity (Wildman–Crippen MR) is 126 cm³/mol. The van der Waals surface area contributed by atoms with Crippen LogP contribution in [0.1, 0.15) is 17.5 Å². The van der Waals surface area contributed by atoms with Crippen molar-refractivity contribution < 1.29 is 4.79 Å². The lowest BCUT2D eigenvalue weighted by Gasteiger charge is -2.35. The van der Waals surface area contributed by atoms with E-state index in [0.29, 0.717) is 6.54 Å². The second-order valence-electron chi connectivity index (χ2n) is 8.67. The third kappa shape index (κ3) is 6.78. The third-order valence-corrected chi connectivity index (χ3v) is 6.59. The van der Waals surface area contributed by atoms with Gasteiger partial charge in [-0.3, -0.25) is 19.5 Å². The Balaban J connectivity index is 1.19. The summed E-state index contributed by atoms with van der Waals surface area (Å²) in [5.41, 5.74) is 2.64. The van der Waals surface area contributed by atoms with Gasteiger partial charge in [0, 0.05) is 70.5 Å². The zero-order chi connectivity index (χ0) is 21.5. The molecule has 2 saturated heterocycles. The molecule has 0 spiro atoms. The molecule has 31 heavy (non-hydrogen) atoms. The first-order chi connectivity index (χ1) is 15.2. The van der Waals surface area contributed by atoms with Crippen molar-refractivity contribution in [3.8, 4) is 0 Å². The number of amides is 1. The topological polar surface area (TPSA) is 30.0 Å². The second-order valence-corrected chi connectivity index (χ2v) is 9.11. The number of carbonyl (C=O) groups is 1. The van der Waals surface area contributed by atoms with Gasteiger partial charge < -0.3 is 4.90 Å². The molecule has 2 aliphatic heterocycles. The zero-order valence-corrected chi connectivity index (χ0v) is 19.0. The van der Waals surface area contributed by atoms with E-state index in [-0.39, 0.29) is 5.91 Å². The van der Waals surface area contributed by atoms with Crippen molar-refractivity contribution in [1.82, 2.24) is 19.6 Å². The summed E-state index contributed by atoms with van der Waals surface area (Å²) in [6, 6.07) is 18.7. The first-order valence-electron chi connectivity index (χ1n) is 11.4. The average molecular weight is 441 g/mol. The van der Waals surface area contributed by atoms with Gasteiger partial charge in [-0.1, -0.05) is 54.1 Å². The Morgan fingerprint density at radius 2 is 1.26 bits per heavy atom. The number of halogens is 1. The average Bonchev–Trinajstić information content (AvgIpc) is 3.03. The van der Waals surface area contributed by atoms with Crippen LogP contribution in [0.2, 0.25) is 5.02 Å². The standard InChI is InChI=1S/C25H33ClN4O/c26-24-9-7-23(8-10-24)20-27-11-4-12-30(18-17-27)25(31)21-29-15-13-28(14-16-29)19-22-5-2-1-3-6-22/h1-3,5-10H,4,11-21H2. The predicted octanol–water partition coefficient (Wildman–Crippen LogP) is 3.19. The van der Waals surface area contributed by atoms with Gasteiger partial charge in [-0.15, -0.1) is 0 Å². The molecule has 1 amide bonds. The van der Waals surface area contributed by atoms with Gasteiger partial charge in [0.2, 0.25) is 5.91 Å². The first-order valence-corrected chi connectivity index (χ1v) is 11.8. The van der Waals surface area contributed by atoms with Crippen molar-refractivity contribution in [2.24, 2.45) is 0 Å². The van der Waals surface area contributed by atoms with Crippen LogP contribution < -0.4 is 0 Å². The van der Waals surface area contributed by atoms with Crippen LogP contribution in [0.15, 0.2) is 54.6 Å². The Bertz CT molecular complexity index is 821. The van der Waals surface area contributed by atoms with Gasteiger partial charge in [-0.05, 0) is 29.7 Å². The fourth-order valence-electron chi connectivity index (χ4n) is 4.46. The van der Waals surface area contributed by atoms with Gasteiger partial charge in [0.1, 0.15) is 0 Å². The highest BCUT2D eigenvalue weighted by Crippen LogP contribution is 2.14. The molecule has 4 rings (SSSR count). The van der Waals surface area contributed by atoms with Crippen molar-refractivity contribution >= 4 is 17.5 Å². The molecule has 166 valence electrons. The molecule has 0 aromatic heterocycles. The summed E-state index contributed by atoms with van der Waals surface area (Å²) in [5.74, 6) is 0.282. The van der Waals surface area contributed by atoms with Crippen LogP contribution in [0.3, 0.4) is 0 Å². The Morgan fingerprint density at radius 1 is 0.677 bits per heavy atom. The smallest absolute Gasteiger partial charge is 0.236 e. The minimum atomic E-state index is 0.282. The minimum absolute atomic E-state index is 0.282. The van der Waals surface area contributed by atoms with Crippen LogP contribution in [0.4, 0.5) is 0 Å². The van der Waals surface area contributed by atoms with Gasteiger partial charge >= 0.3 is 0 Å². The quantitative estimate of drug-likeness (QED) is 0.690. The van der Waals surface area contributed by atoms with Crippen molar-refractivity contribution in [2.75, 3.05) is 58.9 Å². The molecule has 2 heterocycles. The molecule has 0 saturated carbocycles. The fourth-order valence-corrected chi connectivity index (χ4v) is 4.59. The molecule has 0 unspecified atom stereocenters. The molecule has 5 nitrogen and oxygen atoms in total. The molecule has 0 bridgehead atoms. The maximum atomic E-state index is 12.9. The SMILES string of the molecule is O=C(CN1CCN(Cc2ccccc2)CC1)N1CCCN(Cc2ccc(Cl)cc2)CC1. The van der Waals surface area contributed by atoms with E-state index in [2.05, 4.69) is 62.1 Å². The molecule has 2 aliphatic rings. The monoisotopic (exact) mass is 440 g/mol. The van der Waals surface area contributed by atoms with Crippen LogP contribution in [-0.4, -0.2) is 84.4 Å². The van der Waals surface area contributed by atoms with E-state index < -0.39 is 0 Å².